The van der Waals surface area contributed by atoms with Crippen LogP contribution >= 0.6 is 23.7 Å². The summed E-state index contributed by atoms with van der Waals surface area (Å²) in [5.41, 5.74) is 5.19. The highest BCUT2D eigenvalue weighted by Gasteiger charge is 2.33. The van der Waals surface area contributed by atoms with Crippen molar-refractivity contribution >= 4 is 29.7 Å². The largest absolute Gasteiger partial charge is 0.364 e. The van der Waals surface area contributed by atoms with Crippen LogP contribution in [0, 0.1) is 0 Å². The molecule has 1 aliphatic heterocycles. The maximum atomic E-state index is 12.1. The Bertz CT molecular complexity index is 409. The van der Waals surface area contributed by atoms with Crippen LogP contribution in [0.4, 0.5) is 0 Å². The van der Waals surface area contributed by atoms with Gasteiger partial charge in [-0.1, -0.05) is 6.07 Å². The van der Waals surface area contributed by atoms with Gasteiger partial charge in [0, 0.05) is 11.4 Å². The van der Waals surface area contributed by atoms with Gasteiger partial charge in [-0.2, -0.15) is 0 Å². The fraction of sp³-hybridized carbons (Fsp3) is 0.615. The highest BCUT2D eigenvalue weighted by Crippen LogP contribution is 2.26. The predicted octanol–water partition coefficient (Wildman–Crippen LogP) is 2.03. The number of carbonyl (C=O) groups excluding carboxylic acids is 1. The molecule has 1 saturated heterocycles. The molecule has 2 heterocycles. The topological polar surface area (TPSA) is 64.4 Å². The van der Waals surface area contributed by atoms with Gasteiger partial charge in [0.15, 0.2) is 0 Å². The quantitative estimate of drug-likeness (QED) is 0.894. The van der Waals surface area contributed by atoms with Gasteiger partial charge < -0.3 is 15.8 Å². The monoisotopic (exact) mass is 304 g/mol. The SMILES string of the molecule is CC(C)(NC(=O)[C@@H]1CC[C@H](CN)O1)c1cccs1.Cl. The van der Waals surface area contributed by atoms with E-state index in [1.54, 1.807) is 11.3 Å². The maximum absolute atomic E-state index is 12.1. The van der Waals surface area contributed by atoms with Gasteiger partial charge in [0.25, 0.3) is 0 Å². The molecule has 1 aromatic rings. The zero-order valence-electron chi connectivity index (χ0n) is 11.2. The second-order valence-corrected chi connectivity index (χ2v) is 6.10. The molecule has 1 aromatic heterocycles. The Morgan fingerprint density at radius 1 is 1.58 bits per heavy atom. The van der Waals surface area contributed by atoms with Gasteiger partial charge >= 0.3 is 0 Å². The number of amides is 1. The van der Waals surface area contributed by atoms with Crippen molar-refractivity contribution in [3.63, 3.8) is 0 Å². The second kappa shape index (κ2) is 6.70. The molecule has 0 radical (unpaired) electrons. The Hall–Kier alpha value is -0.620. The minimum Gasteiger partial charge on any atom is -0.364 e. The maximum Gasteiger partial charge on any atom is 0.249 e. The lowest BCUT2D eigenvalue weighted by Gasteiger charge is -2.26. The van der Waals surface area contributed by atoms with Crippen molar-refractivity contribution < 1.29 is 9.53 Å². The second-order valence-electron chi connectivity index (χ2n) is 5.15. The van der Waals surface area contributed by atoms with E-state index in [1.807, 2.05) is 31.4 Å². The van der Waals surface area contributed by atoms with Crippen LogP contribution in [0.25, 0.3) is 0 Å². The minimum atomic E-state index is -0.352. The van der Waals surface area contributed by atoms with Gasteiger partial charge in [-0.15, -0.1) is 23.7 Å². The first-order valence-electron chi connectivity index (χ1n) is 6.24. The Balaban J connectivity index is 0.00000180. The van der Waals surface area contributed by atoms with Gasteiger partial charge in [0.1, 0.15) is 6.10 Å². The van der Waals surface area contributed by atoms with Crippen molar-refractivity contribution in [3.8, 4) is 0 Å². The first-order chi connectivity index (χ1) is 8.53. The van der Waals surface area contributed by atoms with Crippen LogP contribution in [0.1, 0.15) is 31.6 Å². The number of ether oxygens (including phenoxy) is 1. The van der Waals surface area contributed by atoms with Crippen LogP contribution in [-0.4, -0.2) is 24.7 Å². The Morgan fingerprint density at radius 3 is 2.84 bits per heavy atom. The Morgan fingerprint density at radius 2 is 2.32 bits per heavy atom. The molecule has 0 aromatic carbocycles. The van der Waals surface area contributed by atoms with E-state index in [4.69, 9.17) is 10.5 Å². The summed E-state index contributed by atoms with van der Waals surface area (Å²) >= 11 is 1.64. The number of thiophene rings is 1. The zero-order chi connectivity index (χ0) is 13.2. The predicted molar refractivity (Wildman–Crippen MR) is 79.7 cm³/mol. The molecule has 0 spiro atoms. The van der Waals surface area contributed by atoms with Crippen molar-refractivity contribution in [2.24, 2.45) is 5.73 Å². The van der Waals surface area contributed by atoms with E-state index in [-0.39, 0.29) is 36.1 Å². The van der Waals surface area contributed by atoms with Gasteiger partial charge in [-0.25, -0.2) is 0 Å². The molecule has 4 nitrogen and oxygen atoms in total. The number of halogens is 1. The molecule has 2 rings (SSSR count). The molecule has 0 unspecified atom stereocenters. The highest BCUT2D eigenvalue weighted by molar-refractivity contribution is 7.10. The minimum absolute atomic E-state index is 0. The van der Waals surface area contributed by atoms with Crippen LogP contribution < -0.4 is 11.1 Å². The number of hydrogen-bond donors (Lipinski definition) is 2. The summed E-state index contributed by atoms with van der Waals surface area (Å²) in [5, 5.41) is 5.06. The average Bonchev–Trinajstić information content (AvgIpc) is 3.00. The smallest absolute Gasteiger partial charge is 0.249 e. The van der Waals surface area contributed by atoms with Gasteiger partial charge in [0.05, 0.1) is 11.6 Å². The summed E-state index contributed by atoms with van der Waals surface area (Å²) in [5.74, 6) is -0.0376. The molecule has 1 fully saturated rings. The van der Waals surface area contributed by atoms with E-state index in [2.05, 4.69) is 5.32 Å². The third-order valence-corrected chi connectivity index (χ3v) is 4.43. The number of rotatable bonds is 4. The number of nitrogens with one attached hydrogen (secondary N) is 1. The van der Waals surface area contributed by atoms with E-state index in [0.29, 0.717) is 6.54 Å². The third kappa shape index (κ3) is 3.92. The van der Waals surface area contributed by atoms with Gasteiger partial charge in [0.2, 0.25) is 5.91 Å². The van der Waals surface area contributed by atoms with Crippen molar-refractivity contribution in [1.82, 2.24) is 5.32 Å². The van der Waals surface area contributed by atoms with Crippen LogP contribution in [0.5, 0.6) is 0 Å². The molecule has 2 atom stereocenters. The zero-order valence-corrected chi connectivity index (χ0v) is 12.9. The highest BCUT2D eigenvalue weighted by atomic mass is 35.5. The van der Waals surface area contributed by atoms with E-state index in [1.165, 1.54) is 0 Å². The van der Waals surface area contributed by atoms with E-state index < -0.39 is 0 Å². The van der Waals surface area contributed by atoms with Crippen LogP contribution in [0.15, 0.2) is 17.5 Å². The fourth-order valence-corrected chi connectivity index (χ4v) is 2.96. The molecule has 1 aliphatic rings. The summed E-state index contributed by atoms with van der Waals surface area (Å²) in [4.78, 5) is 13.3. The molecule has 0 saturated carbocycles. The fourth-order valence-electron chi connectivity index (χ4n) is 2.16. The van der Waals surface area contributed by atoms with Crippen molar-refractivity contribution in [2.45, 2.75) is 44.4 Å². The average molecular weight is 305 g/mol. The molecule has 0 bridgehead atoms. The summed E-state index contributed by atoms with van der Waals surface area (Å²) in [6, 6.07) is 4.02. The Labute approximate surface area is 124 Å². The molecular formula is C13H21ClN2O2S. The summed E-state index contributed by atoms with van der Waals surface area (Å²) in [7, 11) is 0. The summed E-state index contributed by atoms with van der Waals surface area (Å²) < 4.78 is 5.60. The molecular weight excluding hydrogens is 284 g/mol. The first kappa shape index (κ1) is 16.4. The molecule has 6 heteroatoms. The van der Waals surface area contributed by atoms with Gasteiger partial charge in [-0.05, 0) is 38.1 Å². The summed E-state index contributed by atoms with van der Waals surface area (Å²) in [6.07, 6.45) is 1.31. The normalized spacial score (nSPS) is 22.9. The molecule has 1 amide bonds. The molecule has 108 valence electrons. The van der Waals surface area contributed by atoms with Crippen LogP contribution in [-0.2, 0) is 15.1 Å². The first-order valence-corrected chi connectivity index (χ1v) is 7.12. The van der Waals surface area contributed by atoms with Crippen LogP contribution in [0.2, 0.25) is 0 Å². The van der Waals surface area contributed by atoms with E-state index in [9.17, 15) is 4.79 Å². The molecule has 3 N–H and O–H groups in total. The van der Waals surface area contributed by atoms with E-state index in [0.717, 1.165) is 17.7 Å². The lowest BCUT2D eigenvalue weighted by Crippen LogP contribution is -2.45. The lowest BCUT2D eigenvalue weighted by molar-refractivity contribution is -0.133. The summed E-state index contributed by atoms with van der Waals surface area (Å²) in [6.45, 7) is 4.50. The van der Waals surface area contributed by atoms with Crippen LogP contribution in [0.3, 0.4) is 0 Å². The van der Waals surface area contributed by atoms with E-state index >= 15 is 0 Å². The lowest BCUT2D eigenvalue weighted by atomic mass is 10.0. The molecule has 0 aliphatic carbocycles. The molecule has 19 heavy (non-hydrogen) atoms. The Kier molecular flexibility index (Phi) is 5.80. The standard InChI is InChI=1S/C13H20N2O2S.ClH/c1-13(2,11-4-3-7-18-11)15-12(16)10-6-5-9(8-14)17-10;/h3-4,7,9-10H,5-6,8,14H2,1-2H3,(H,15,16);1H/t9-,10+;/m1./s1. The number of carbonyl (C=O) groups is 1. The number of nitrogens with two attached hydrogens (primary N) is 1. The van der Waals surface area contributed by atoms with Crippen molar-refractivity contribution in [3.05, 3.63) is 22.4 Å². The van der Waals surface area contributed by atoms with Crippen molar-refractivity contribution in [1.29, 1.82) is 0 Å². The number of hydrogen-bond acceptors (Lipinski definition) is 4. The van der Waals surface area contributed by atoms with Gasteiger partial charge in [-0.3, -0.25) is 4.79 Å². The van der Waals surface area contributed by atoms with Crippen molar-refractivity contribution in [2.75, 3.05) is 6.54 Å². The third-order valence-electron chi connectivity index (χ3n) is 3.24.